The van der Waals surface area contributed by atoms with Crippen molar-refractivity contribution in [1.29, 1.82) is 0 Å². The van der Waals surface area contributed by atoms with E-state index in [0.29, 0.717) is 12.0 Å². The summed E-state index contributed by atoms with van der Waals surface area (Å²) in [6, 6.07) is 11.2. The molecule has 1 N–H and O–H groups in total. The molecule has 19 heavy (non-hydrogen) atoms. The van der Waals surface area contributed by atoms with Gasteiger partial charge in [-0.1, -0.05) is 44.2 Å². The van der Waals surface area contributed by atoms with Crippen LogP contribution in [-0.2, 0) is 0 Å². The van der Waals surface area contributed by atoms with Gasteiger partial charge in [0, 0.05) is 11.4 Å². The van der Waals surface area contributed by atoms with Crippen LogP contribution in [0, 0.1) is 0 Å². The van der Waals surface area contributed by atoms with Crippen LogP contribution < -0.4 is 5.32 Å². The summed E-state index contributed by atoms with van der Waals surface area (Å²) in [5, 5.41) is 6.95. The molecule has 0 fully saturated rings. The lowest BCUT2D eigenvalue weighted by Gasteiger charge is -2.19. The van der Waals surface area contributed by atoms with E-state index in [4.69, 9.17) is 4.98 Å². The number of benzene rings is 1. The summed E-state index contributed by atoms with van der Waals surface area (Å²) in [5.41, 5.74) is 2.47. The number of aromatic nitrogens is 1. The normalized spacial score (nSPS) is 13.2. The van der Waals surface area contributed by atoms with E-state index in [9.17, 15) is 0 Å². The van der Waals surface area contributed by atoms with Crippen molar-refractivity contribution in [2.75, 3.05) is 0 Å². The minimum absolute atomic E-state index is 0.193. The van der Waals surface area contributed by atoms with E-state index >= 15 is 0 Å². The Morgan fingerprint density at radius 3 is 2.26 bits per heavy atom. The fraction of sp³-hybridized carbons (Fsp3) is 0.438. The molecule has 1 unspecified atom stereocenters. The fourth-order valence-corrected chi connectivity index (χ4v) is 3.05. The Morgan fingerprint density at radius 1 is 1.05 bits per heavy atom. The number of hydrogen-bond donors (Lipinski definition) is 1. The number of nitrogens with zero attached hydrogens (tertiary/aromatic N) is 1. The molecule has 102 valence electrons. The Hall–Kier alpha value is -1.19. The highest BCUT2D eigenvalue weighted by Gasteiger charge is 2.19. The zero-order chi connectivity index (χ0) is 13.8. The van der Waals surface area contributed by atoms with Gasteiger partial charge in [-0.2, -0.15) is 0 Å². The van der Waals surface area contributed by atoms with E-state index in [1.54, 1.807) is 11.3 Å². The number of nitrogens with one attached hydrogen (secondary N) is 1. The van der Waals surface area contributed by atoms with Gasteiger partial charge in [-0.05, 0) is 25.3 Å². The summed E-state index contributed by atoms with van der Waals surface area (Å²) < 4.78 is 0. The predicted octanol–water partition coefficient (Wildman–Crippen LogP) is 4.35. The van der Waals surface area contributed by atoms with E-state index in [0.717, 1.165) is 5.01 Å². The molecule has 2 nitrogen and oxygen atoms in total. The van der Waals surface area contributed by atoms with Crippen molar-refractivity contribution in [3.63, 3.8) is 0 Å². The van der Waals surface area contributed by atoms with Gasteiger partial charge in [-0.15, -0.1) is 11.3 Å². The number of rotatable bonds is 5. The van der Waals surface area contributed by atoms with Crippen molar-refractivity contribution in [1.82, 2.24) is 10.3 Å². The summed E-state index contributed by atoms with van der Waals surface area (Å²) >= 11 is 1.75. The minimum Gasteiger partial charge on any atom is -0.302 e. The summed E-state index contributed by atoms with van der Waals surface area (Å²) in [6.45, 7) is 8.72. The Labute approximate surface area is 119 Å². The number of thiazole rings is 1. The standard InChI is InChI=1S/C16H22N2S/c1-11(2)14-10-19-16(18-14)15(17-12(3)4)13-8-6-5-7-9-13/h5-12,15,17H,1-4H3. The van der Waals surface area contributed by atoms with Gasteiger partial charge < -0.3 is 5.32 Å². The molecule has 0 aliphatic rings. The van der Waals surface area contributed by atoms with Crippen LogP contribution in [0.1, 0.15) is 55.9 Å². The zero-order valence-electron chi connectivity index (χ0n) is 12.1. The molecule has 3 heteroatoms. The van der Waals surface area contributed by atoms with Crippen LogP contribution in [0.2, 0.25) is 0 Å². The molecule has 0 saturated carbocycles. The molecule has 2 rings (SSSR count). The Morgan fingerprint density at radius 2 is 1.74 bits per heavy atom. The summed E-state index contributed by atoms with van der Waals surface area (Å²) in [6.07, 6.45) is 0. The van der Waals surface area contributed by atoms with E-state index < -0.39 is 0 Å². The second-order valence-electron chi connectivity index (χ2n) is 5.43. The fourth-order valence-electron chi connectivity index (χ4n) is 1.99. The zero-order valence-corrected chi connectivity index (χ0v) is 12.9. The molecule has 0 amide bonds. The largest absolute Gasteiger partial charge is 0.302 e. The summed E-state index contributed by atoms with van der Waals surface area (Å²) in [7, 11) is 0. The topological polar surface area (TPSA) is 24.9 Å². The molecule has 1 aromatic carbocycles. The lowest BCUT2D eigenvalue weighted by atomic mass is 10.1. The van der Waals surface area contributed by atoms with E-state index in [2.05, 4.69) is 68.7 Å². The Bertz CT molecular complexity index is 502. The first kappa shape index (κ1) is 14.2. The predicted molar refractivity (Wildman–Crippen MR) is 82.8 cm³/mol. The van der Waals surface area contributed by atoms with Crippen molar-refractivity contribution in [3.8, 4) is 0 Å². The molecule has 1 heterocycles. The minimum atomic E-state index is 0.193. The molecular weight excluding hydrogens is 252 g/mol. The van der Waals surface area contributed by atoms with Crippen LogP contribution in [0.25, 0.3) is 0 Å². The molecule has 2 aromatic rings. The van der Waals surface area contributed by atoms with Crippen LogP contribution >= 0.6 is 11.3 Å². The molecule has 0 radical (unpaired) electrons. The first-order chi connectivity index (χ1) is 9.08. The quantitative estimate of drug-likeness (QED) is 0.876. The highest BCUT2D eigenvalue weighted by atomic mass is 32.1. The first-order valence-electron chi connectivity index (χ1n) is 6.84. The molecule has 0 aliphatic carbocycles. The van der Waals surface area contributed by atoms with Gasteiger partial charge >= 0.3 is 0 Å². The highest BCUT2D eigenvalue weighted by Crippen LogP contribution is 2.27. The molecule has 0 aliphatic heterocycles. The van der Waals surface area contributed by atoms with Gasteiger partial charge in [0.1, 0.15) is 5.01 Å². The maximum atomic E-state index is 4.80. The van der Waals surface area contributed by atoms with Crippen molar-refractivity contribution >= 4 is 11.3 Å². The van der Waals surface area contributed by atoms with Crippen LogP contribution in [-0.4, -0.2) is 11.0 Å². The second-order valence-corrected chi connectivity index (χ2v) is 6.32. The molecule has 0 saturated heterocycles. The maximum absolute atomic E-state index is 4.80. The van der Waals surface area contributed by atoms with Crippen LogP contribution in [0.5, 0.6) is 0 Å². The van der Waals surface area contributed by atoms with Gasteiger partial charge in [0.05, 0.1) is 11.7 Å². The van der Waals surface area contributed by atoms with Gasteiger partial charge in [0.25, 0.3) is 0 Å². The monoisotopic (exact) mass is 274 g/mol. The van der Waals surface area contributed by atoms with Crippen LogP contribution in [0.15, 0.2) is 35.7 Å². The Kier molecular flexibility index (Phi) is 4.72. The van der Waals surface area contributed by atoms with Gasteiger partial charge in [-0.25, -0.2) is 4.98 Å². The third-order valence-electron chi connectivity index (χ3n) is 3.01. The molecule has 1 aromatic heterocycles. The molecular formula is C16H22N2S. The third-order valence-corrected chi connectivity index (χ3v) is 3.94. The van der Waals surface area contributed by atoms with Crippen molar-refractivity contribution in [2.24, 2.45) is 0 Å². The SMILES string of the molecule is CC(C)NC(c1ccccc1)c1nc(C(C)C)cs1. The average Bonchev–Trinajstić information content (AvgIpc) is 2.86. The van der Waals surface area contributed by atoms with Gasteiger partial charge in [0.15, 0.2) is 0 Å². The first-order valence-corrected chi connectivity index (χ1v) is 7.72. The van der Waals surface area contributed by atoms with E-state index in [-0.39, 0.29) is 6.04 Å². The van der Waals surface area contributed by atoms with Gasteiger partial charge in [-0.3, -0.25) is 0 Å². The average molecular weight is 274 g/mol. The van der Waals surface area contributed by atoms with Crippen LogP contribution in [0.4, 0.5) is 0 Å². The maximum Gasteiger partial charge on any atom is 0.114 e. The number of hydrogen-bond acceptors (Lipinski definition) is 3. The van der Waals surface area contributed by atoms with Crippen LogP contribution in [0.3, 0.4) is 0 Å². The summed E-state index contributed by atoms with van der Waals surface area (Å²) in [4.78, 5) is 4.80. The third kappa shape index (κ3) is 3.64. The molecule has 0 bridgehead atoms. The lowest BCUT2D eigenvalue weighted by Crippen LogP contribution is -2.28. The summed E-state index contributed by atoms with van der Waals surface area (Å²) in [5.74, 6) is 0.487. The van der Waals surface area contributed by atoms with E-state index in [1.807, 2.05) is 0 Å². The molecule has 1 atom stereocenters. The lowest BCUT2D eigenvalue weighted by molar-refractivity contribution is 0.525. The van der Waals surface area contributed by atoms with Crippen molar-refractivity contribution in [2.45, 2.75) is 45.7 Å². The smallest absolute Gasteiger partial charge is 0.114 e. The van der Waals surface area contributed by atoms with Crippen molar-refractivity contribution < 1.29 is 0 Å². The Balaban J connectivity index is 2.31. The van der Waals surface area contributed by atoms with Gasteiger partial charge in [0.2, 0.25) is 0 Å². The highest BCUT2D eigenvalue weighted by molar-refractivity contribution is 7.09. The second kappa shape index (κ2) is 6.31. The molecule has 0 spiro atoms. The van der Waals surface area contributed by atoms with Crippen molar-refractivity contribution in [3.05, 3.63) is 52.0 Å². The van der Waals surface area contributed by atoms with E-state index in [1.165, 1.54) is 11.3 Å².